The Morgan fingerprint density at radius 3 is 2.59 bits per heavy atom. The molecule has 22 heavy (non-hydrogen) atoms. The van der Waals surface area contributed by atoms with E-state index < -0.39 is 24.0 Å². The Labute approximate surface area is 125 Å². The predicted molar refractivity (Wildman–Crippen MR) is 75.4 cm³/mol. The van der Waals surface area contributed by atoms with Gasteiger partial charge in [0.15, 0.2) is 17.6 Å². The third-order valence-corrected chi connectivity index (χ3v) is 2.89. The van der Waals surface area contributed by atoms with E-state index in [-0.39, 0.29) is 11.4 Å². The number of ether oxygens (including phenoxy) is 2. The Kier molecular flexibility index (Phi) is 4.31. The van der Waals surface area contributed by atoms with Crippen molar-refractivity contribution in [2.75, 3.05) is 7.11 Å². The number of carboxylic acid groups (broad SMARTS) is 1. The van der Waals surface area contributed by atoms with E-state index in [1.54, 1.807) is 18.2 Å². The number of urea groups is 1. The van der Waals surface area contributed by atoms with Crippen LogP contribution in [-0.4, -0.2) is 36.2 Å². The average Bonchev–Trinajstić information content (AvgIpc) is 2.78. The van der Waals surface area contributed by atoms with Crippen LogP contribution < -0.4 is 20.1 Å². The first-order valence-electron chi connectivity index (χ1n) is 6.33. The van der Waals surface area contributed by atoms with Gasteiger partial charge >= 0.3 is 12.0 Å². The summed E-state index contributed by atoms with van der Waals surface area (Å²) in [5.41, 5.74) is 0.436. The van der Waals surface area contributed by atoms with Crippen LogP contribution in [0.2, 0.25) is 0 Å². The summed E-state index contributed by atoms with van der Waals surface area (Å²) in [5.74, 6) is -1.24. The molecule has 1 atom stereocenters. The molecule has 0 aliphatic carbocycles. The highest BCUT2D eigenvalue weighted by molar-refractivity contribution is 6.14. The van der Waals surface area contributed by atoms with Gasteiger partial charge in [0.2, 0.25) is 0 Å². The second-order valence-corrected chi connectivity index (χ2v) is 4.44. The third-order valence-electron chi connectivity index (χ3n) is 2.89. The SMILES string of the molecule is COc1cccc(/C=C2/NC(=O)NC2=O)c1O[C@@H](C)C(=O)O. The lowest BCUT2D eigenvalue weighted by molar-refractivity contribution is -0.144. The smallest absolute Gasteiger partial charge is 0.344 e. The Morgan fingerprint density at radius 2 is 2.05 bits per heavy atom. The van der Waals surface area contributed by atoms with Crippen LogP contribution in [0.5, 0.6) is 11.5 Å². The van der Waals surface area contributed by atoms with Gasteiger partial charge in [-0.25, -0.2) is 9.59 Å². The maximum absolute atomic E-state index is 11.6. The van der Waals surface area contributed by atoms with Gasteiger partial charge in [0.25, 0.3) is 5.91 Å². The second kappa shape index (κ2) is 6.17. The third kappa shape index (κ3) is 3.17. The standard InChI is InChI=1S/C14H14N2O6/c1-7(13(18)19)22-11-8(4-3-5-10(11)21-2)6-9-12(17)16-14(20)15-9/h3-7H,1-2H3,(H,18,19)(H2,15,16,17,20)/b9-6+/t7-/m0/s1. The Bertz CT molecular complexity index is 667. The van der Waals surface area contributed by atoms with Crippen molar-refractivity contribution in [1.29, 1.82) is 0 Å². The van der Waals surface area contributed by atoms with Crippen molar-refractivity contribution < 1.29 is 29.0 Å². The number of benzene rings is 1. The largest absolute Gasteiger partial charge is 0.493 e. The lowest BCUT2D eigenvalue weighted by Crippen LogP contribution is -2.23. The molecule has 0 bridgehead atoms. The first-order valence-corrected chi connectivity index (χ1v) is 6.33. The van der Waals surface area contributed by atoms with Crippen LogP contribution >= 0.6 is 0 Å². The van der Waals surface area contributed by atoms with Crippen LogP contribution in [0.1, 0.15) is 12.5 Å². The molecule has 8 heteroatoms. The first kappa shape index (κ1) is 15.4. The number of methoxy groups -OCH3 is 1. The second-order valence-electron chi connectivity index (χ2n) is 4.44. The molecule has 1 aromatic rings. The van der Waals surface area contributed by atoms with Gasteiger partial charge < -0.3 is 19.9 Å². The van der Waals surface area contributed by atoms with E-state index in [0.717, 1.165) is 0 Å². The molecular formula is C14H14N2O6. The normalized spacial score (nSPS) is 16.9. The number of hydrogen-bond acceptors (Lipinski definition) is 5. The number of para-hydroxylation sites is 1. The van der Waals surface area contributed by atoms with Crippen molar-refractivity contribution in [2.45, 2.75) is 13.0 Å². The Morgan fingerprint density at radius 1 is 1.32 bits per heavy atom. The van der Waals surface area contributed by atoms with Crippen molar-refractivity contribution in [3.05, 3.63) is 29.5 Å². The summed E-state index contributed by atoms with van der Waals surface area (Å²) in [6.45, 7) is 1.37. The van der Waals surface area contributed by atoms with E-state index in [1.165, 1.54) is 20.1 Å². The van der Waals surface area contributed by atoms with E-state index in [9.17, 15) is 14.4 Å². The molecule has 1 heterocycles. The first-order chi connectivity index (χ1) is 10.4. The lowest BCUT2D eigenvalue weighted by atomic mass is 10.1. The molecule has 0 spiro atoms. The molecule has 0 saturated carbocycles. The maximum atomic E-state index is 11.6. The molecule has 8 nitrogen and oxygen atoms in total. The molecule has 1 fully saturated rings. The number of aliphatic carboxylic acids is 1. The number of carboxylic acids is 1. The molecule has 1 aromatic carbocycles. The van der Waals surface area contributed by atoms with E-state index in [1.807, 2.05) is 0 Å². The van der Waals surface area contributed by atoms with Gasteiger partial charge in [0.05, 0.1) is 7.11 Å². The fraction of sp³-hybridized carbons (Fsp3) is 0.214. The Hall–Kier alpha value is -3.03. The van der Waals surface area contributed by atoms with Crippen LogP contribution in [0.25, 0.3) is 6.08 Å². The summed E-state index contributed by atoms with van der Waals surface area (Å²) in [7, 11) is 1.41. The summed E-state index contributed by atoms with van der Waals surface area (Å²) in [6.07, 6.45) is 0.271. The molecule has 0 unspecified atom stereocenters. The number of amides is 3. The fourth-order valence-electron chi connectivity index (χ4n) is 1.80. The number of hydrogen-bond donors (Lipinski definition) is 3. The van der Waals surface area contributed by atoms with Crippen LogP contribution in [0, 0.1) is 0 Å². The van der Waals surface area contributed by atoms with Gasteiger partial charge in [0.1, 0.15) is 5.70 Å². The predicted octanol–water partition coefficient (Wildman–Crippen LogP) is 0.727. The summed E-state index contributed by atoms with van der Waals surface area (Å²) in [6, 6.07) is 4.23. The van der Waals surface area contributed by atoms with Gasteiger partial charge in [-0.15, -0.1) is 0 Å². The van der Waals surface area contributed by atoms with E-state index in [4.69, 9.17) is 14.6 Å². The minimum atomic E-state index is -1.14. The summed E-state index contributed by atoms with van der Waals surface area (Å²) in [5, 5.41) is 13.4. The number of rotatable bonds is 5. The molecule has 116 valence electrons. The molecule has 3 amide bonds. The topological polar surface area (TPSA) is 114 Å². The molecule has 1 saturated heterocycles. The van der Waals surface area contributed by atoms with E-state index >= 15 is 0 Å². The minimum Gasteiger partial charge on any atom is -0.493 e. The van der Waals surface area contributed by atoms with Crippen molar-refractivity contribution in [1.82, 2.24) is 10.6 Å². The zero-order chi connectivity index (χ0) is 16.3. The highest BCUT2D eigenvalue weighted by Crippen LogP contribution is 2.33. The van der Waals surface area contributed by atoms with Crippen molar-refractivity contribution in [3.8, 4) is 11.5 Å². The quantitative estimate of drug-likeness (QED) is 0.546. The molecule has 0 aromatic heterocycles. The van der Waals surface area contributed by atoms with Crippen molar-refractivity contribution in [3.63, 3.8) is 0 Å². The number of carbonyl (C=O) groups is 3. The van der Waals surface area contributed by atoms with Crippen molar-refractivity contribution >= 4 is 24.0 Å². The molecule has 0 radical (unpaired) electrons. The molecule has 1 aliphatic rings. The average molecular weight is 306 g/mol. The lowest BCUT2D eigenvalue weighted by Gasteiger charge is -2.16. The monoisotopic (exact) mass is 306 g/mol. The Balaban J connectivity index is 2.43. The van der Waals surface area contributed by atoms with E-state index in [2.05, 4.69) is 10.6 Å². The van der Waals surface area contributed by atoms with Crippen LogP contribution in [0.4, 0.5) is 4.79 Å². The van der Waals surface area contributed by atoms with Gasteiger partial charge in [-0.05, 0) is 19.1 Å². The molecule has 1 aliphatic heterocycles. The fourth-order valence-corrected chi connectivity index (χ4v) is 1.80. The zero-order valence-corrected chi connectivity index (χ0v) is 11.9. The number of imide groups is 1. The molecule has 2 rings (SSSR count). The number of carbonyl (C=O) groups excluding carboxylic acids is 2. The van der Waals surface area contributed by atoms with Crippen LogP contribution in [-0.2, 0) is 9.59 Å². The molecule has 3 N–H and O–H groups in total. The van der Waals surface area contributed by atoms with Crippen LogP contribution in [0.3, 0.4) is 0 Å². The maximum Gasteiger partial charge on any atom is 0.344 e. The van der Waals surface area contributed by atoms with Gasteiger partial charge in [-0.2, -0.15) is 0 Å². The highest BCUT2D eigenvalue weighted by Gasteiger charge is 2.24. The minimum absolute atomic E-state index is 0.0334. The van der Waals surface area contributed by atoms with Gasteiger partial charge in [-0.3, -0.25) is 10.1 Å². The molecular weight excluding hydrogens is 292 g/mol. The summed E-state index contributed by atoms with van der Waals surface area (Å²) in [4.78, 5) is 33.6. The van der Waals surface area contributed by atoms with Crippen LogP contribution in [0.15, 0.2) is 23.9 Å². The number of nitrogens with one attached hydrogen (secondary N) is 2. The van der Waals surface area contributed by atoms with Gasteiger partial charge in [0, 0.05) is 5.56 Å². The van der Waals surface area contributed by atoms with E-state index in [0.29, 0.717) is 11.3 Å². The summed E-state index contributed by atoms with van der Waals surface area (Å²) >= 11 is 0. The summed E-state index contributed by atoms with van der Waals surface area (Å²) < 4.78 is 10.5. The highest BCUT2D eigenvalue weighted by atomic mass is 16.5. The van der Waals surface area contributed by atoms with Crippen molar-refractivity contribution in [2.24, 2.45) is 0 Å². The van der Waals surface area contributed by atoms with Gasteiger partial charge in [-0.1, -0.05) is 12.1 Å². The zero-order valence-electron chi connectivity index (χ0n) is 11.9.